The van der Waals surface area contributed by atoms with Crippen LogP contribution in [-0.2, 0) is 22.4 Å². The van der Waals surface area contributed by atoms with E-state index in [0.717, 1.165) is 11.1 Å². The highest BCUT2D eigenvalue weighted by atomic mass is 16.3. The fourth-order valence-electron chi connectivity index (χ4n) is 9.64. The third-order valence-electron chi connectivity index (χ3n) is 12.7. The lowest BCUT2D eigenvalue weighted by Gasteiger charge is -2.70. The van der Waals surface area contributed by atoms with Crippen LogP contribution in [0.2, 0.25) is 0 Å². The van der Waals surface area contributed by atoms with E-state index >= 15 is 0 Å². The van der Waals surface area contributed by atoms with Crippen LogP contribution in [0.25, 0.3) is 11.3 Å². The van der Waals surface area contributed by atoms with Crippen LogP contribution in [0.15, 0.2) is 146 Å². The second-order valence-corrected chi connectivity index (χ2v) is 16.3. The molecule has 9 rings (SSSR count). The van der Waals surface area contributed by atoms with Crippen molar-refractivity contribution in [1.29, 1.82) is 0 Å². The Hall–Kier alpha value is -7.16. The van der Waals surface area contributed by atoms with Gasteiger partial charge >= 0.3 is 0 Å². The quantitative estimate of drug-likeness (QED) is 0.194. The van der Waals surface area contributed by atoms with Crippen LogP contribution < -0.4 is 0 Å². The average molecular weight is 843 g/mol. The minimum Gasteiger partial charge on any atom is -0.394 e. The molecule has 3 aliphatic heterocycles. The van der Waals surface area contributed by atoms with Gasteiger partial charge in [0.2, 0.25) is 11.8 Å². The predicted molar refractivity (Wildman–Crippen MR) is 232 cm³/mol. The SMILES string of the molecule is O=C(Cc1ccccn1)N1C[C@@H](c2cccc(-c3cc(C(=O)N4C(CO)[C@@H](c5ccccc5)C45CN(C(=O)Cc4ccccn4)C5)ccn3)c2)[C@H](CO)N(C(=O)c2ccncc2)C1. The maximum Gasteiger partial charge on any atom is 0.255 e. The summed E-state index contributed by atoms with van der Waals surface area (Å²) in [5, 5.41) is 21.7. The number of rotatable bonds is 11. The second-order valence-electron chi connectivity index (χ2n) is 16.3. The highest BCUT2D eigenvalue weighted by Gasteiger charge is 2.68. The number of benzene rings is 2. The molecule has 3 fully saturated rings. The normalized spacial score (nSPS) is 20.2. The summed E-state index contributed by atoms with van der Waals surface area (Å²) in [7, 11) is 0. The topological polar surface area (TPSA) is 173 Å². The summed E-state index contributed by atoms with van der Waals surface area (Å²) in [6, 6.07) is 33.7. The molecule has 318 valence electrons. The molecule has 7 heterocycles. The van der Waals surface area contributed by atoms with Crippen LogP contribution in [-0.4, -0.2) is 131 Å². The van der Waals surface area contributed by atoms with Gasteiger partial charge in [-0.25, -0.2) is 0 Å². The van der Waals surface area contributed by atoms with Crippen molar-refractivity contribution in [3.05, 3.63) is 180 Å². The molecule has 63 heavy (non-hydrogen) atoms. The first-order valence-corrected chi connectivity index (χ1v) is 21.0. The zero-order chi connectivity index (χ0) is 43.5. The number of hydrogen-bond donors (Lipinski definition) is 2. The van der Waals surface area contributed by atoms with E-state index in [2.05, 4.69) is 19.9 Å². The Morgan fingerprint density at radius 1 is 0.603 bits per heavy atom. The molecular formula is C49H46N8O6. The maximum atomic E-state index is 14.7. The number of nitrogens with zero attached hydrogens (tertiary/aromatic N) is 8. The van der Waals surface area contributed by atoms with Gasteiger partial charge in [-0.3, -0.25) is 39.1 Å². The van der Waals surface area contributed by atoms with Crippen LogP contribution in [0.3, 0.4) is 0 Å². The summed E-state index contributed by atoms with van der Waals surface area (Å²) in [5.41, 5.74) is 4.27. The van der Waals surface area contributed by atoms with Gasteiger partial charge in [0.15, 0.2) is 0 Å². The molecule has 14 heteroatoms. The van der Waals surface area contributed by atoms with E-state index in [-0.39, 0.29) is 68.8 Å². The van der Waals surface area contributed by atoms with Gasteiger partial charge in [0.05, 0.1) is 56.0 Å². The number of aliphatic hydroxyl groups excluding tert-OH is 2. The fraction of sp³-hybridized carbons (Fsp3) is 0.265. The van der Waals surface area contributed by atoms with E-state index in [1.54, 1.807) is 80.7 Å². The van der Waals surface area contributed by atoms with E-state index in [1.165, 1.54) is 12.4 Å². The van der Waals surface area contributed by atoms with Gasteiger partial charge in [0.25, 0.3) is 11.8 Å². The Balaban J connectivity index is 1.00. The van der Waals surface area contributed by atoms with E-state index in [9.17, 15) is 29.4 Å². The van der Waals surface area contributed by atoms with Gasteiger partial charge in [-0.05, 0) is 65.7 Å². The van der Waals surface area contributed by atoms with Crippen LogP contribution >= 0.6 is 0 Å². The zero-order valence-corrected chi connectivity index (χ0v) is 34.4. The molecule has 6 aromatic rings. The standard InChI is InChI=1S/C49H46N8O6/c58-28-42-40(27-54(44(60)25-38-13-4-6-18-51-38)32-56(42)47(62)34-15-20-50-21-16-34)35-11-8-12-36(23-35)41-24-37(17-22-53-41)48(63)57-43(29-59)46(33-9-2-1-3-10-33)49(57)30-55(31-49)45(61)26-39-14-5-7-19-52-39/h1-24,40,42-43,46,58-59H,25-32H2/t40-,42-,43?,46+/m0/s1. The number of amides is 4. The maximum absolute atomic E-state index is 14.7. The highest BCUT2D eigenvalue weighted by molar-refractivity contribution is 5.98. The Labute approximate surface area is 364 Å². The summed E-state index contributed by atoms with van der Waals surface area (Å²) in [6.45, 7) is 0.232. The molecule has 2 N–H and O–H groups in total. The van der Waals surface area contributed by atoms with Crippen molar-refractivity contribution >= 4 is 23.6 Å². The lowest BCUT2D eigenvalue weighted by Crippen LogP contribution is -2.86. The van der Waals surface area contributed by atoms with E-state index in [4.69, 9.17) is 0 Å². The first kappa shape index (κ1) is 41.2. The minimum absolute atomic E-state index is 0.0198. The molecule has 0 radical (unpaired) electrons. The summed E-state index contributed by atoms with van der Waals surface area (Å²) in [4.78, 5) is 80.2. The van der Waals surface area contributed by atoms with Crippen molar-refractivity contribution in [2.45, 2.75) is 42.3 Å². The molecular weight excluding hydrogens is 797 g/mol. The Morgan fingerprint density at radius 2 is 1.24 bits per heavy atom. The number of carbonyl (C=O) groups is 4. The molecule has 0 bridgehead atoms. The summed E-state index contributed by atoms with van der Waals surface area (Å²) in [5.74, 6) is -1.59. The third-order valence-corrected chi connectivity index (χ3v) is 12.7. The van der Waals surface area contributed by atoms with Gasteiger partial charge in [-0.1, -0.05) is 60.7 Å². The van der Waals surface area contributed by atoms with Gasteiger partial charge < -0.3 is 29.8 Å². The largest absolute Gasteiger partial charge is 0.394 e. The Morgan fingerprint density at radius 3 is 1.89 bits per heavy atom. The summed E-state index contributed by atoms with van der Waals surface area (Å²) < 4.78 is 0. The average Bonchev–Trinajstić information content (AvgIpc) is 3.31. The molecule has 1 spiro atoms. The van der Waals surface area contributed by atoms with Crippen molar-refractivity contribution in [1.82, 2.24) is 39.5 Å². The van der Waals surface area contributed by atoms with Crippen molar-refractivity contribution in [3.63, 3.8) is 0 Å². The summed E-state index contributed by atoms with van der Waals surface area (Å²) in [6.07, 6.45) is 8.13. The lowest BCUT2D eigenvalue weighted by molar-refractivity contribution is -0.178. The van der Waals surface area contributed by atoms with Gasteiger partial charge in [-0.15, -0.1) is 0 Å². The van der Waals surface area contributed by atoms with Crippen LogP contribution in [0.5, 0.6) is 0 Å². The second kappa shape index (κ2) is 17.7. The lowest BCUT2D eigenvalue weighted by atomic mass is 9.60. The highest BCUT2D eigenvalue weighted by Crippen LogP contribution is 2.54. The number of likely N-dealkylation sites (tertiary alicyclic amines) is 2. The summed E-state index contributed by atoms with van der Waals surface area (Å²) >= 11 is 0. The van der Waals surface area contributed by atoms with Gasteiger partial charge in [0, 0.05) is 90.5 Å². The molecule has 0 saturated carbocycles. The molecule has 0 aliphatic carbocycles. The number of carbonyl (C=O) groups excluding carboxylic acids is 4. The first-order chi connectivity index (χ1) is 30.8. The van der Waals surface area contributed by atoms with E-state index in [0.29, 0.717) is 46.9 Å². The van der Waals surface area contributed by atoms with Crippen LogP contribution in [0, 0.1) is 0 Å². The minimum atomic E-state index is -0.727. The molecule has 14 nitrogen and oxygen atoms in total. The Bertz CT molecular complexity index is 2600. The van der Waals surface area contributed by atoms with Crippen molar-refractivity contribution in [3.8, 4) is 11.3 Å². The molecule has 2 aromatic carbocycles. The van der Waals surface area contributed by atoms with Gasteiger partial charge in [0.1, 0.15) is 0 Å². The number of aliphatic hydroxyl groups is 2. The molecule has 3 aliphatic rings. The molecule has 4 aromatic heterocycles. The smallest absolute Gasteiger partial charge is 0.255 e. The van der Waals surface area contributed by atoms with E-state index in [1.807, 2.05) is 72.8 Å². The molecule has 3 saturated heterocycles. The van der Waals surface area contributed by atoms with Gasteiger partial charge in [-0.2, -0.15) is 0 Å². The third kappa shape index (κ3) is 7.94. The first-order valence-electron chi connectivity index (χ1n) is 21.0. The van der Waals surface area contributed by atoms with Crippen molar-refractivity contribution < 1.29 is 29.4 Å². The van der Waals surface area contributed by atoms with Crippen LogP contribution in [0.1, 0.15) is 55.1 Å². The number of pyridine rings is 4. The number of hydrogen-bond acceptors (Lipinski definition) is 10. The predicted octanol–water partition coefficient (Wildman–Crippen LogP) is 3.99. The van der Waals surface area contributed by atoms with Crippen molar-refractivity contribution in [2.75, 3.05) is 39.5 Å². The van der Waals surface area contributed by atoms with Crippen molar-refractivity contribution in [2.24, 2.45) is 0 Å². The van der Waals surface area contributed by atoms with Crippen LogP contribution in [0.4, 0.5) is 0 Å². The zero-order valence-electron chi connectivity index (χ0n) is 34.4. The number of aromatic nitrogens is 4. The Kier molecular flexibility index (Phi) is 11.6. The monoisotopic (exact) mass is 842 g/mol. The van der Waals surface area contributed by atoms with E-state index < -0.39 is 23.5 Å². The molecule has 4 amide bonds. The fourth-order valence-corrected chi connectivity index (χ4v) is 9.64. The molecule has 1 unspecified atom stereocenters. The molecule has 4 atom stereocenters.